The summed E-state index contributed by atoms with van der Waals surface area (Å²) >= 11 is 0. The Balaban J connectivity index is 1.14. The summed E-state index contributed by atoms with van der Waals surface area (Å²) in [6.45, 7) is 4.27. The van der Waals surface area contributed by atoms with Crippen LogP contribution >= 0.6 is 0 Å². The third-order valence-corrected chi connectivity index (χ3v) is 7.45. The molecule has 1 fully saturated rings. The molecule has 8 nitrogen and oxygen atoms in total. The first-order valence-corrected chi connectivity index (χ1v) is 13.0. The van der Waals surface area contributed by atoms with Crippen molar-refractivity contribution in [1.29, 1.82) is 0 Å². The average Bonchev–Trinajstić information content (AvgIpc) is 3.37. The number of pyridine rings is 1. The minimum atomic E-state index is -0.506. The maximum Gasteiger partial charge on any atom is 0.343 e. The first kappa shape index (κ1) is 24.9. The molecule has 0 atom stereocenters. The molecule has 2 aromatic carbocycles. The molecule has 39 heavy (non-hydrogen) atoms. The molecule has 198 valence electrons. The highest BCUT2D eigenvalue weighted by atomic mass is 19.1. The summed E-state index contributed by atoms with van der Waals surface area (Å²) in [6.07, 6.45) is 4.02. The van der Waals surface area contributed by atoms with Crippen LogP contribution in [0, 0.1) is 12.7 Å². The Bertz CT molecular complexity index is 1720. The second-order valence-electron chi connectivity index (χ2n) is 9.88. The number of esters is 1. The molecular formula is C30H27FN4O4. The minimum Gasteiger partial charge on any atom is -0.419 e. The fraction of sp³-hybridized carbons (Fsp3) is 0.267. The first-order chi connectivity index (χ1) is 19.0. The van der Waals surface area contributed by atoms with E-state index in [-0.39, 0.29) is 23.0 Å². The molecule has 0 saturated carbocycles. The molecule has 0 bridgehead atoms. The number of aromatic nitrogens is 3. The Morgan fingerprint density at radius 1 is 1.10 bits per heavy atom. The van der Waals surface area contributed by atoms with Gasteiger partial charge in [0.05, 0.1) is 11.3 Å². The lowest BCUT2D eigenvalue weighted by atomic mass is 9.91. The lowest BCUT2D eigenvalue weighted by Crippen LogP contribution is -2.35. The van der Waals surface area contributed by atoms with Gasteiger partial charge in [-0.15, -0.1) is 0 Å². The molecule has 0 radical (unpaired) electrons. The van der Waals surface area contributed by atoms with Gasteiger partial charge >= 0.3 is 5.97 Å². The monoisotopic (exact) mass is 526 g/mol. The zero-order chi connectivity index (χ0) is 26.9. The molecule has 0 amide bonds. The van der Waals surface area contributed by atoms with E-state index in [1.54, 1.807) is 48.7 Å². The number of benzene rings is 2. The number of likely N-dealkylation sites (tertiary alicyclic amines) is 1. The summed E-state index contributed by atoms with van der Waals surface area (Å²) in [5.41, 5.74) is 3.21. The van der Waals surface area contributed by atoms with Crippen LogP contribution in [0.15, 0.2) is 76.2 Å². The molecule has 9 heteroatoms. The van der Waals surface area contributed by atoms with E-state index in [0.29, 0.717) is 34.5 Å². The normalized spacial score (nSPS) is 14.7. The van der Waals surface area contributed by atoms with Crippen LogP contribution in [-0.4, -0.2) is 45.0 Å². The van der Waals surface area contributed by atoms with Crippen molar-refractivity contribution in [3.63, 3.8) is 0 Å². The molecule has 1 saturated heterocycles. The largest absolute Gasteiger partial charge is 0.419 e. The number of halogens is 1. The summed E-state index contributed by atoms with van der Waals surface area (Å²) in [6, 6.07) is 16.6. The van der Waals surface area contributed by atoms with Crippen LogP contribution in [0.1, 0.15) is 46.1 Å². The summed E-state index contributed by atoms with van der Waals surface area (Å²) in [5.74, 6) is -0.351. The number of piperidine rings is 1. The highest BCUT2D eigenvalue weighted by Crippen LogP contribution is 2.32. The zero-order valence-electron chi connectivity index (χ0n) is 21.5. The lowest BCUT2D eigenvalue weighted by molar-refractivity contribution is 0.0736. The van der Waals surface area contributed by atoms with Crippen molar-refractivity contribution in [1.82, 2.24) is 19.4 Å². The highest BCUT2D eigenvalue weighted by Gasteiger charge is 2.25. The molecule has 0 unspecified atom stereocenters. The van der Waals surface area contributed by atoms with E-state index in [1.165, 1.54) is 16.5 Å². The van der Waals surface area contributed by atoms with Crippen molar-refractivity contribution in [2.45, 2.75) is 32.1 Å². The molecule has 5 aromatic rings. The number of hydrogen-bond donors (Lipinski definition) is 0. The van der Waals surface area contributed by atoms with Crippen molar-refractivity contribution < 1.29 is 18.4 Å². The summed E-state index contributed by atoms with van der Waals surface area (Å²) < 4.78 is 25.9. The van der Waals surface area contributed by atoms with Crippen LogP contribution in [0.2, 0.25) is 0 Å². The molecule has 4 heterocycles. The highest BCUT2D eigenvalue weighted by molar-refractivity contribution is 5.91. The quantitative estimate of drug-likeness (QED) is 0.290. The van der Waals surface area contributed by atoms with Gasteiger partial charge in [-0.3, -0.25) is 9.20 Å². The number of nitrogens with zero attached hydrogens (tertiary/aromatic N) is 4. The molecule has 3 aromatic heterocycles. The topological polar surface area (TPSA) is 89.9 Å². The number of ether oxygens (including phenoxy) is 1. The van der Waals surface area contributed by atoms with Crippen molar-refractivity contribution in [3.8, 4) is 5.75 Å². The maximum absolute atomic E-state index is 13.5. The van der Waals surface area contributed by atoms with Crippen LogP contribution < -0.4 is 10.3 Å². The summed E-state index contributed by atoms with van der Waals surface area (Å²) in [4.78, 5) is 33.0. The van der Waals surface area contributed by atoms with E-state index in [0.717, 1.165) is 43.6 Å². The van der Waals surface area contributed by atoms with Crippen LogP contribution in [0.3, 0.4) is 0 Å². The molecule has 0 aliphatic carbocycles. The van der Waals surface area contributed by atoms with E-state index >= 15 is 0 Å². The van der Waals surface area contributed by atoms with E-state index in [1.807, 2.05) is 13.0 Å². The summed E-state index contributed by atoms with van der Waals surface area (Å²) in [5, 5.41) is 5.10. The Morgan fingerprint density at radius 2 is 1.90 bits per heavy atom. The van der Waals surface area contributed by atoms with E-state index < -0.39 is 5.97 Å². The van der Waals surface area contributed by atoms with Gasteiger partial charge in [0, 0.05) is 41.4 Å². The molecule has 1 aliphatic rings. The minimum absolute atomic E-state index is 0.161. The average molecular weight is 527 g/mol. The van der Waals surface area contributed by atoms with Gasteiger partial charge in [0.2, 0.25) is 0 Å². The van der Waals surface area contributed by atoms with Crippen LogP contribution in [0.4, 0.5) is 4.39 Å². The van der Waals surface area contributed by atoms with Gasteiger partial charge in [0.15, 0.2) is 17.0 Å². The number of hydrogen-bond acceptors (Lipinski definition) is 7. The third-order valence-electron chi connectivity index (χ3n) is 7.45. The van der Waals surface area contributed by atoms with Crippen molar-refractivity contribution in [2.75, 3.05) is 19.6 Å². The SMILES string of the molecule is Cc1nc2c(OC(=O)c3ccccc3)cccn2c(=O)c1CCN1CCC(c2noc3cc(F)ccc23)CC1. The Hall–Kier alpha value is -4.37. The van der Waals surface area contributed by atoms with Crippen molar-refractivity contribution in [2.24, 2.45) is 0 Å². The number of carbonyl (C=O) groups excluding carboxylic acids is 1. The molecule has 0 spiro atoms. The number of rotatable bonds is 6. The maximum atomic E-state index is 13.5. The van der Waals surface area contributed by atoms with Gasteiger partial charge in [-0.2, -0.15) is 0 Å². The predicted octanol–water partition coefficient (Wildman–Crippen LogP) is 4.92. The fourth-order valence-electron chi connectivity index (χ4n) is 5.31. The number of aryl methyl sites for hydroxylation is 1. The fourth-order valence-corrected chi connectivity index (χ4v) is 5.31. The van der Waals surface area contributed by atoms with E-state index in [9.17, 15) is 14.0 Å². The molecule has 6 rings (SSSR count). The first-order valence-electron chi connectivity index (χ1n) is 13.0. The van der Waals surface area contributed by atoms with Gasteiger partial charge < -0.3 is 14.2 Å². The van der Waals surface area contributed by atoms with Crippen LogP contribution in [-0.2, 0) is 6.42 Å². The second kappa shape index (κ2) is 10.4. The molecule has 0 N–H and O–H groups in total. The summed E-state index contributed by atoms with van der Waals surface area (Å²) in [7, 11) is 0. The van der Waals surface area contributed by atoms with E-state index in [2.05, 4.69) is 15.0 Å². The lowest BCUT2D eigenvalue weighted by Gasteiger charge is -2.31. The van der Waals surface area contributed by atoms with Gasteiger partial charge in [0.25, 0.3) is 5.56 Å². The Kier molecular flexibility index (Phi) is 6.66. The predicted molar refractivity (Wildman–Crippen MR) is 144 cm³/mol. The second-order valence-corrected chi connectivity index (χ2v) is 9.88. The molecular weight excluding hydrogens is 499 g/mol. The molecule has 1 aliphatic heterocycles. The van der Waals surface area contributed by atoms with Crippen LogP contribution in [0.25, 0.3) is 16.6 Å². The Morgan fingerprint density at radius 3 is 2.69 bits per heavy atom. The van der Waals surface area contributed by atoms with Crippen molar-refractivity contribution >= 4 is 22.6 Å². The zero-order valence-corrected chi connectivity index (χ0v) is 21.5. The van der Waals surface area contributed by atoms with Gasteiger partial charge in [-0.05, 0) is 75.7 Å². The van der Waals surface area contributed by atoms with Gasteiger partial charge in [-0.25, -0.2) is 14.2 Å². The number of carbonyl (C=O) groups is 1. The van der Waals surface area contributed by atoms with Gasteiger partial charge in [-0.1, -0.05) is 23.4 Å². The standard InChI is InChI=1S/C30H27FN4O4/c1-19-23(13-17-34-15-11-20(12-16-34)27-24-10-9-22(31)18-26(24)39-33-27)29(36)35-14-5-8-25(28(35)32-19)38-30(37)21-6-3-2-4-7-21/h2-10,14,18,20H,11-13,15-17H2,1H3. The van der Waals surface area contributed by atoms with Crippen molar-refractivity contribution in [3.05, 3.63) is 106 Å². The smallest absolute Gasteiger partial charge is 0.343 e. The van der Waals surface area contributed by atoms with E-state index in [4.69, 9.17) is 9.26 Å². The Labute approximate surface area is 223 Å². The van der Waals surface area contributed by atoms with Crippen LogP contribution in [0.5, 0.6) is 5.75 Å². The van der Waals surface area contributed by atoms with Gasteiger partial charge in [0.1, 0.15) is 5.82 Å². The third kappa shape index (κ3) is 4.93. The number of fused-ring (bicyclic) bond motifs is 2.